The van der Waals surface area contributed by atoms with E-state index in [-0.39, 0.29) is 18.3 Å². The van der Waals surface area contributed by atoms with Crippen molar-refractivity contribution in [3.05, 3.63) is 64.7 Å². The van der Waals surface area contributed by atoms with Crippen LogP contribution in [0.25, 0.3) is 0 Å². The van der Waals surface area contributed by atoms with E-state index in [1.54, 1.807) is 45.0 Å². The van der Waals surface area contributed by atoms with Crippen LogP contribution >= 0.6 is 0 Å². The molecule has 0 aliphatic carbocycles. The summed E-state index contributed by atoms with van der Waals surface area (Å²) in [6, 6.07) is 11.5. The highest BCUT2D eigenvalue weighted by Gasteiger charge is 2.23. The van der Waals surface area contributed by atoms with Gasteiger partial charge < -0.3 is 15.2 Å². The number of ether oxygens (including phenoxy) is 1. The summed E-state index contributed by atoms with van der Waals surface area (Å²) in [6.45, 7) is 5.56. The van der Waals surface area contributed by atoms with Crippen molar-refractivity contribution in [3.8, 4) is 5.75 Å². The third-order valence-electron chi connectivity index (χ3n) is 3.90. The molecule has 0 saturated heterocycles. The number of benzene rings is 2. The Morgan fingerprint density at radius 2 is 1.72 bits per heavy atom. The van der Waals surface area contributed by atoms with Gasteiger partial charge in [-0.05, 0) is 49.6 Å². The van der Waals surface area contributed by atoms with Crippen molar-refractivity contribution < 1.29 is 19.4 Å². The highest BCUT2D eigenvalue weighted by atomic mass is 16.5. The molecule has 0 aliphatic rings. The number of phenols is 1. The minimum atomic E-state index is -0.795. The summed E-state index contributed by atoms with van der Waals surface area (Å²) in [5, 5.41) is 12.6. The zero-order valence-corrected chi connectivity index (χ0v) is 14.7. The molecule has 0 aromatic heterocycles. The lowest BCUT2D eigenvalue weighted by Gasteiger charge is -2.18. The Kier molecular flexibility index (Phi) is 6.17. The monoisotopic (exact) mass is 341 g/mol. The number of amides is 1. The third-order valence-corrected chi connectivity index (χ3v) is 3.90. The van der Waals surface area contributed by atoms with Gasteiger partial charge in [0.2, 0.25) is 0 Å². The standard InChI is InChI=1S/C20H23NO4/c1-4-25-20(24)17(21-19(23)16-8-6-5-7-9-16)12-15-10-13(2)18(22)14(3)11-15/h5-11,17,22H,4,12H2,1-3H3,(H,21,23). The van der Waals surface area contributed by atoms with Gasteiger partial charge in [-0.15, -0.1) is 0 Å². The first kappa shape index (κ1) is 18.5. The van der Waals surface area contributed by atoms with E-state index in [1.165, 1.54) is 0 Å². The Labute approximate surface area is 147 Å². The summed E-state index contributed by atoms with van der Waals surface area (Å²) < 4.78 is 5.09. The van der Waals surface area contributed by atoms with Crippen LogP contribution in [0, 0.1) is 13.8 Å². The zero-order chi connectivity index (χ0) is 18.4. The van der Waals surface area contributed by atoms with Crippen molar-refractivity contribution in [2.75, 3.05) is 6.61 Å². The van der Waals surface area contributed by atoms with Crippen molar-refractivity contribution in [3.63, 3.8) is 0 Å². The topological polar surface area (TPSA) is 75.6 Å². The summed E-state index contributed by atoms with van der Waals surface area (Å²) in [5.41, 5.74) is 2.79. The smallest absolute Gasteiger partial charge is 0.328 e. The number of hydrogen-bond donors (Lipinski definition) is 2. The predicted octanol–water partition coefficient (Wildman–Crippen LogP) is 2.91. The van der Waals surface area contributed by atoms with E-state index in [4.69, 9.17) is 4.74 Å². The largest absolute Gasteiger partial charge is 0.507 e. The van der Waals surface area contributed by atoms with E-state index >= 15 is 0 Å². The molecule has 0 saturated carbocycles. The first-order valence-electron chi connectivity index (χ1n) is 8.24. The minimum absolute atomic E-state index is 0.240. The maximum atomic E-state index is 12.4. The van der Waals surface area contributed by atoms with Crippen molar-refractivity contribution >= 4 is 11.9 Å². The number of esters is 1. The van der Waals surface area contributed by atoms with Gasteiger partial charge in [0.15, 0.2) is 0 Å². The second-order valence-corrected chi connectivity index (χ2v) is 5.93. The van der Waals surface area contributed by atoms with E-state index in [2.05, 4.69) is 5.32 Å². The highest BCUT2D eigenvalue weighted by Crippen LogP contribution is 2.23. The second-order valence-electron chi connectivity index (χ2n) is 5.93. The summed E-state index contributed by atoms with van der Waals surface area (Å²) in [5.74, 6) is -0.564. The van der Waals surface area contributed by atoms with Gasteiger partial charge >= 0.3 is 5.97 Å². The molecule has 1 atom stereocenters. The molecule has 2 aromatic carbocycles. The van der Waals surface area contributed by atoms with Gasteiger partial charge in [0.25, 0.3) is 5.91 Å². The summed E-state index contributed by atoms with van der Waals surface area (Å²) >= 11 is 0. The van der Waals surface area contributed by atoms with Gasteiger partial charge in [0, 0.05) is 12.0 Å². The maximum Gasteiger partial charge on any atom is 0.328 e. The number of phenolic OH excluding ortho intramolecular Hbond substituents is 1. The van der Waals surface area contributed by atoms with Crippen LogP contribution in [-0.2, 0) is 16.0 Å². The van der Waals surface area contributed by atoms with Crippen molar-refractivity contribution in [2.45, 2.75) is 33.2 Å². The Bertz CT molecular complexity index is 733. The fraction of sp³-hybridized carbons (Fsp3) is 0.300. The molecule has 0 spiro atoms. The molecular formula is C20H23NO4. The van der Waals surface area contributed by atoms with Crippen LogP contribution in [0.4, 0.5) is 0 Å². The van der Waals surface area contributed by atoms with Crippen LogP contribution in [0.2, 0.25) is 0 Å². The summed E-state index contributed by atoms with van der Waals surface area (Å²) in [7, 11) is 0. The van der Waals surface area contributed by atoms with Gasteiger partial charge in [-0.2, -0.15) is 0 Å². The third kappa shape index (κ3) is 4.83. The van der Waals surface area contributed by atoms with Gasteiger partial charge in [-0.3, -0.25) is 4.79 Å². The molecule has 1 unspecified atom stereocenters. The van der Waals surface area contributed by atoms with Gasteiger partial charge in [0.05, 0.1) is 6.61 Å². The van der Waals surface area contributed by atoms with E-state index in [9.17, 15) is 14.7 Å². The highest BCUT2D eigenvalue weighted by molar-refractivity contribution is 5.96. The summed E-state index contributed by atoms with van der Waals surface area (Å²) in [6.07, 6.45) is 0.291. The molecule has 0 radical (unpaired) electrons. The average molecular weight is 341 g/mol. The van der Waals surface area contributed by atoms with Crippen molar-refractivity contribution in [1.29, 1.82) is 0 Å². The molecule has 5 nitrogen and oxygen atoms in total. The molecule has 5 heteroatoms. The minimum Gasteiger partial charge on any atom is -0.507 e. The Morgan fingerprint density at radius 1 is 1.12 bits per heavy atom. The van der Waals surface area contributed by atoms with E-state index < -0.39 is 12.0 Å². The molecule has 2 rings (SSSR count). The van der Waals surface area contributed by atoms with Crippen LogP contribution in [0.3, 0.4) is 0 Å². The number of carbonyl (C=O) groups is 2. The Morgan fingerprint density at radius 3 is 2.28 bits per heavy atom. The van der Waals surface area contributed by atoms with Gasteiger partial charge in [-0.1, -0.05) is 30.3 Å². The second kappa shape index (κ2) is 8.33. The molecule has 1 amide bonds. The van der Waals surface area contributed by atoms with Crippen LogP contribution < -0.4 is 5.32 Å². The molecule has 0 bridgehead atoms. The maximum absolute atomic E-state index is 12.4. The predicted molar refractivity (Wildman–Crippen MR) is 95.6 cm³/mol. The number of nitrogens with one attached hydrogen (secondary N) is 1. The van der Waals surface area contributed by atoms with Crippen LogP contribution in [0.15, 0.2) is 42.5 Å². The average Bonchev–Trinajstić information content (AvgIpc) is 2.60. The molecule has 2 N–H and O–H groups in total. The van der Waals surface area contributed by atoms with Crippen LogP contribution in [-0.4, -0.2) is 29.6 Å². The molecule has 0 aliphatic heterocycles. The zero-order valence-electron chi connectivity index (χ0n) is 14.7. The van der Waals surface area contributed by atoms with Crippen LogP contribution in [0.5, 0.6) is 5.75 Å². The number of aromatic hydroxyl groups is 1. The first-order chi connectivity index (χ1) is 11.9. The molecule has 25 heavy (non-hydrogen) atoms. The Balaban J connectivity index is 2.21. The van der Waals surface area contributed by atoms with Crippen LogP contribution in [0.1, 0.15) is 34.0 Å². The van der Waals surface area contributed by atoms with E-state index in [0.717, 1.165) is 16.7 Å². The van der Waals surface area contributed by atoms with Gasteiger partial charge in [-0.25, -0.2) is 4.79 Å². The van der Waals surface area contributed by atoms with E-state index in [0.29, 0.717) is 12.0 Å². The lowest BCUT2D eigenvalue weighted by Crippen LogP contribution is -2.43. The molecular weight excluding hydrogens is 318 g/mol. The number of hydrogen-bond acceptors (Lipinski definition) is 4. The Hall–Kier alpha value is -2.82. The SMILES string of the molecule is CCOC(=O)C(Cc1cc(C)c(O)c(C)c1)NC(=O)c1ccccc1. The lowest BCUT2D eigenvalue weighted by molar-refractivity contribution is -0.145. The number of aryl methyl sites for hydroxylation is 2. The molecule has 0 fully saturated rings. The van der Waals surface area contributed by atoms with Crippen molar-refractivity contribution in [1.82, 2.24) is 5.32 Å². The number of rotatable bonds is 6. The fourth-order valence-corrected chi connectivity index (χ4v) is 2.67. The van der Waals surface area contributed by atoms with E-state index in [1.807, 2.05) is 18.2 Å². The number of carbonyl (C=O) groups excluding carboxylic acids is 2. The molecule has 132 valence electrons. The first-order valence-corrected chi connectivity index (χ1v) is 8.24. The lowest BCUT2D eigenvalue weighted by atomic mass is 10.00. The molecule has 0 heterocycles. The fourth-order valence-electron chi connectivity index (χ4n) is 2.67. The van der Waals surface area contributed by atoms with Gasteiger partial charge in [0.1, 0.15) is 11.8 Å². The molecule has 2 aromatic rings. The quantitative estimate of drug-likeness (QED) is 0.792. The van der Waals surface area contributed by atoms with Crippen molar-refractivity contribution in [2.24, 2.45) is 0 Å². The normalized spacial score (nSPS) is 11.6. The summed E-state index contributed by atoms with van der Waals surface area (Å²) in [4.78, 5) is 24.6.